The smallest absolute Gasteiger partial charge is 0.141 e. The summed E-state index contributed by atoms with van der Waals surface area (Å²) in [4.78, 5) is 8.95. The Labute approximate surface area is 199 Å². The van der Waals surface area contributed by atoms with Gasteiger partial charge in [-0.15, -0.1) is 0 Å². The van der Waals surface area contributed by atoms with Crippen LogP contribution in [-0.4, -0.2) is 22.6 Å². The molecule has 1 fully saturated rings. The number of nitrogens with two attached hydrogens (primary N) is 1. The monoisotopic (exact) mass is 467 g/mol. The maximum absolute atomic E-state index is 13.6. The molecule has 1 heterocycles. The van der Waals surface area contributed by atoms with E-state index in [1.165, 1.54) is 30.0 Å². The van der Waals surface area contributed by atoms with Gasteiger partial charge in [0, 0.05) is 29.4 Å². The van der Waals surface area contributed by atoms with Crippen LogP contribution in [-0.2, 0) is 12.8 Å². The molecule has 0 spiro atoms. The van der Waals surface area contributed by atoms with Crippen LogP contribution < -0.4 is 16.4 Å². The zero-order chi connectivity index (χ0) is 23.4. The molecule has 7 heteroatoms. The van der Waals surface area contributed by atoms with Crippen molar-refractivity contribution in [2.24, 2.45) is 11.7 Å². The maximum atomic E-state index is 13.6. The van der Waals surface area contributed by atoms with Gasteiger partial charge in [0.05, 0.1) is 10.5 Å². The molecular formula is C26H31ClFN5. The molecule has 174 valence electrons. The van der Waals surface area contributed by atoms with Crippen molar-refractivity contribution < 1.29 is 4.39 Å². The highest BCUT2D eigenvalue weighted by Crippen LogP contribution is 2.32. The van der Waals surface area contributed by atoms with Crippen LogP contribution in [0.5, 0.6) is 0 Å². The van der Waals surface area contributed by atoms with Gasteiger partial charge in [-0.05, 0) is 85.9 Å². The third kappa shape index (κ3) is 5.63. The van der Waals surface area contributed by atoms with E-state index in [1.807, 2.05) is 0 Å². The Kier molecular flexibility index (Phi) is 7.46. The Balaban J connectivity index is 1.55. The Morgan fingerprint density at radius 1 is 1.15 bits per heavy atom. The minimum atomic E-state index is -0.443. The predicted molar refractivity (Wildman–Crippen MR) is 134 cm³/mol. The molecule has 4 N–H and O–H groups in total. The molecule has 1 aliphatic carbocycles. The number of benzene rings is 2. The van der Waals surface area contributed by atoms with Gasteiger partial charge < -0.3 is 16.4 Å². The van der Waals surface area contributed by atoms with E-state index >= 15 is 0 Å². The van der Waals surface area contributed by atoms with E-state index in [2.05, 4.69) is 46.2 Å². The summed E-state index contributed by atoms with van der Waals surface area (Å²) in [7, 11) is 0. The number of rotatable bonds is 8. The van der Waals surface area contributed by atoms with Gasteiger partial charge in [0.1, 0.15) is 18.0 Å². The average Bonchev–Trinajstić information content (AvgIpc) is 2.82. The lowest BCUT2D eigenvalue weighted by Crippen LogP contribution is -2.34. The highest BCUT2D eigenvalue weighted by atomic mass is 35.5. The predicted octanol–water partition coefficient (Wildman–Crippen LogP) is 5.89. The Morgan fingerprint density at radius 2 is 1.94 bits per heavy atom. The van der Waals surface area contributed by atoms with Crippen molar-refractivity contribution in [1.29, 1.82) is 0 Å². The minimum absolute atomic E-state index is 0.0763. The molecule has 2 aromatic carbocycles. The van der Waals surface area contributed by atoms with Gasteiger partial charge in [0.25, 0.3) is 0 Å². The average molecular weight is 468 g/mol. The first kappa shape index (κ1) is 23.5. The lowest BCUT2D eigenvalue weighted by Gasteiger charge is -2.30. The number of nitrogens with zero attached hydrogens (tertiary/aromatic N) is 2. The van der Waals surface area contributed by atoms with E-state index in [9.17, 15) is 4.39 Å². The number of fused-ring (bicyclic) bond motifs is 1. The molecule has 1 aromatic heterocycles. The molecule has 0 radical (unpaired) electrons. The van der Waals surface area contributed by atoms with Gasteiger partial charge in [-0.3, -0.25) is 0 Å². The van der Waals surface area contributed by atoms with Crippen LogP contribution in [0.3, 0.4) is 0 Å². The van der Waals surface area contributed by atoms with Crippen molar-refractivity contribution in [1.82, 2.24) is 15.3 Å². The summed E-state index contributed by atoms with van der Waals surface area (Å²) in [6.45, 7) is 6.64. The number of hydrogen-bond donors (Lipinski definition) is 3. The highest BCUT2D eigenvalue weighted by molar-refractivity contribution is 6.31. The highest BCUT2D eigenvalue weighted by Gasteiger charge is 2.22. The first-order valence-electron chi connectivity index (χ1n) is 11.6. The van der Waals surface area contributed by atoms with E-state index in [0.29, 0.717) is 30.0 Å². The van der Waals surface area contributed by atoms with E-state index in [1.54, 1.807) is 18.5 Å². The fourth-order valence-corrected chi connectivity index (χ4v) is 4.87. The van der Waals surface area contributed by atoms with Crippen molar-refractivity contribution >= 4 is 34.0 Å². The molecule has 1 saturated carbocycles. The van der Waals surface area contributed by atoms with Gasteiger partial charge >= 0.3 is 0 Å². The second kappa shape index (κ2) is 10.5. The molecule has 3 aromatic rings. The fraction of sp³-hybridized carbons (Fsp3) is 0.385. The van der Waals surface area contributed by atoms with E-state index in [0.717, 1.165) is 42.3 Å². The topological polar surface area (TPSA) is 75.9 Å². The van der Waals surface area contributed by atoms with Crippen molar-refractivity contribution in [3.8, 4) is 0 Å². The number of halogens is 2. The molecule has 0 bridgehead atoms. The molecule has 4 rings (SSSR count). The molecule has 1 aliphatic rings. The number of nitrogens with one attached hydrogen (secondary N) is 2. The summed E-state index contributed by atoms with van der Waals surface area (Å²) in [6, 6.07) is 9.45. The summed E-state index contributed by atoms with van der Waals surface area (Å²) in [5.41, 5.74) is 10.9. The van der Waals surface area contributed by atoms with Gasteiger partial charge in [-0.2, -0.15) is 0 Å². The second-order valence-corrected chi connectivity index (χ2v) is 9.25. The Hall–Kier alpha value is -2.70. The number of aromatic nitrogens is 2. The second-order valence-electron chi connectivity index (χ2n) is 8.84. The van der Waals surface area contributed by atoms with Crippen LogP contribution in [0, 0.1) is 11.7 Å². The summed E-state index contributed by atoms with van der Waals surface area (Å²) in [5, 5.41) is 7.78. The van der Waals surface area contributed by atoms with E-state index in [4.69, 9.17) is 17.3 Å². The van der Waals surface area contributed by atoms with Gasteiger partial charge in [0.2, 0.25) is 0 Å². The van der Waals surface area contributed by atoms with Crippen LogP contribution >= 0.6 is 11.6 Å². The summed E-state index contributed by atoms with van der Waals surface area (Å²) in [5.74, 6) is 0.899. The van der Waals surface area contributed by atoms with Gasteiger partial charge in [0.15, 0.2) is 0 Å². The van der Waals surface area contributed by atoms with Crippen LogP contribution in [0.1, 0.15) is 43.7 Å². The molecule has 0 amide bonds. The minimum Gasteiger partial charge on any atom is -0.385 e. The van der Waals surface area contributed by atoms with Gasteiger partial charge in [-0.1, -0.05) is 25.1 Å². The van der Waals surface area contributed by atoms with Crippen molar-refractivity contribution in [3.05, 3.63) is 70.9 Å². The molecular weight excluding hydrogens is 437 g/mol. The third-order valence-electron chi connectivity index (χ3n) is 6.53. The van der Waals surface area contributed by atoms with Crippen LogP contribution in [0.25, 0.3) is 10.9 Å². The Morgan fingerprint density at radius 3 is 2.64 bits per heavy atom. The van der Waals surface area contributed by atoms with Crippen molar-refractivity contribution in [2.75, 3.05) is 11.9 Å². The van der Waals surface area contributed by atoms with E-state index < -0.39 is 5.82 Å². The fourth-order valence-electron chi connectivity index (χ4n) is 4.69. The molecule has 0 aliphatic heterocycles. The molecule has 33 heavy (non-hydrogen) atoms. The SMILES string of the molecule is C=C(CN)NC1CCC(Cc2cc3c(Nc4ccc(F)c(Cl)c4)ncnc3cc2CC)CC1. The lowest BCUT2D eigenvalue weighted by molar-refractivity contribution is 0.301. The largest absolute Gasteiger partial charge is 0.385 e. The van der Waals surface area contributed by atoms with Crippen molar-refractivity contribution in [2.45, 2.75) is 51.5 Å². The van der Waals surface area contributed by atoms with Crippen LogP contribution in [0.2, 0.25) is 5.02 Å². The summed E-state index contributed by atoms with van der Waals surface area (Å²) in [6.07, 6.45) is 8.19. The maximum Gasteiger partial charge on any atom is 0.141 e. The number of aryl methyl sites for hydroxylation is 1. The standard InChI is InChI=1S/C26H31ClFN5/c1-3-18-12-25-22(26(31-15-30-25)33-21-8-9-24(28)23(27)13-21)11-19(18)10-17-4-6-20(7-5-17)32-16(2)14-29/h8-9,11-13,15,17,20,32H,2-7,10,14,29H2,1H3,(H,30,31,33). The lowest BCUT2D eigenvalue weighted by atomic mass is 9.81. The molecule has 0 unspecified atom stereocenters. The normalized spacial score (nSPS) is 18.3. The zero-order valence-corrected chi connectivity index (χ0v) is 19.8. The third-order valence-corrected chi connectivity index (χ3v) is 6.82. The van der Waals surface area contributed by atoms with Gasteiger partial charge in [-0.25, -0.2) is 14.4 Å². The molecule has 0 atom stereocenters. The Bertz CT molecular complexity index is 1140. The number of hydrogen-bond acceptors (Lipinski definition) is 5. The summed E-state index contributed by atoms with van der Waals surface area (Å²) >= 11 is 5.95. The first-order valence-corrected chi connectivity index (χ1v) is 12.0. The molecule has 0 saturated heterocycles. The van der Waals surface area contributed by atoms with E-state index in [-0.39, 0.29) is 5.02 Å². The number of anilines is 2. The molecule has 5 nitrogen and oxygen atoms in total. The quantitative estimate of drug-likeness (QED) is 0.385. The van der Waals surface area contributed by atoms with Crippen molar-refractivity contribution in [3.63, 3.8) is 0 Å². The summed E-state index contributed by atoms with van der Waals surface area (Å²) < 4.78 is 13.6. The zero-order valence-electron chi connectivity index (χ0n) is 19.0. The first-order chi connectivity index (χ1) is 16.0. The van der Waals surface area contributed by atoms with Crippen LogP contribution in [0.4, 0.5) is 15.9 Å². The van der Waals surface area contributed by atoms with Crippen LogP contribution in [0.15, 0.2) is 48.9 Å².